The summed E-state index contributed by atoms with van der Waals surface area (Å²) < 4.78 is 19.2. The van der Waals surface area contributed by atoms with Crippen molar-refractivity contribution in [3.05, 3.63) is 34.1 Å². The van der Waals surface area contributed by atoms with Crippen molar-refractivity contribution >= 4 is 21.9 Å². The Labute approximate surface area is 120 Å². The van der Waals surface area contributed by atoms with Crippen LogP contribution in [-0.4, -0.2) is 37.6 Å². The van der Waals surface area contributed by atoms with Gasteiger partial charge in [-0.15, -0.1) is 0 Å². The first kappa shape index (κ1) is 14.5. The first-order valence-electron chi connectivity index (χ1n) is 6.33. The highest BCUT2D eigenvalue weighted by molar-refractivity contribution is 9.10. The first-order chi connectivity index (χ1) is 9.02. The molecule has 0 radical (unpaired) electrons. The summed E-state index contributed by atoms with van der Waals surface area (Å²) in [6, 6.07) is 5.05. The van der Waals surface area contributed by atoms with Crippen LogP contribution in [0.5, 0.6) is 0 Å². The first-order valence-corrected chi connectivity index (χ1v) is 7.12. The van der Waals surface area contributed by atoms with Gasteiger partial charge in [-0.2, -0.15) is 0 Å². The summed E-state index contributed by atoms with van der Waals surface area (Å²) in [6.45, 7) is 3.57. The van der Waals surface area contributed by atoms with E-state index in [-0.39, 0.29) is 23.6 Å². The van der Waals surface area contributed by atoms with Gasteiger partial charge in [0, 0.05) is 19.0 Å². The molecule has 0 spiro atoms. The van der Waals surface area contributed by atoms with E-state index in [1.807, 2.05) is 13.1 Å². The molecule has 19 heavy (non-hydrogen) atoms. The number of hydrogen-bond donors (Lipinski definition) is 0. The third-order valence-corrected chi connectivity index (χ3v) is 4.11. The van der Waals surface area contributed by atoms with E-state index in [0.717, 1.165) is 12.1 Å². The minimum absolute atomic E-state index is 0.00773. The van der Waals surface area contributed by atoms with Crippen molar-refractivity contribution in [2.75, 3.05) is 26.7 Å². The molecule has 1 aromatic carbocycles. The number of esters is 1. The molecule has 1 aromatic rings. The molecule has 2 rings (SSSR count). The average Bonchev–Trinajstić information content (AvgIpc) is 2.75. The van der Waals surface area contributed by atoms with Crippen molar-refractivity contribution in [1.82, 2.24) is 4.90 Å². The fourth-order valence-corrected chi connectivity index (χ4v) is 2.82. The topological polar surface area (TPSA) is 29.5 Å². The standard InChI is InChI=1S/C14H17BrFNO2/c1-3-19-14(18)11-8-17(2)7-10(11)9-4-5-12(15)13(16)6-9/h4-6,10-11H,3,7-8H2,1-2H3. The maximum Gasteiger partial charge on any atom is 0.310 e. The van der Waals surface area contributed by atoms with Gasteiger partial charge in [-0.25, -0.2) is 4.39 Å². The quantitative estimate of drug-likeness (QED) is 0.798. The molecule has 0 aliphatic carbocycles. The van der Waals surface area contributed by atoms with Crippen LogP contribution in [0.1, 0.15) is 18.4 Å². The smallest absolute Gasteiger partial charge is 0.310 e. The molecule has 1 saturated heterocycles. The predicted molar refractivity (Wildman–Crippen MR) is 74.5 cm³/mol. The largest absolute Gasteiger partial charge is 0.466 e. The molecule has 1 fully saturated rings. The second-order valence-corrected chi connectivity index (χ2v) is 5.71. The number of halogens is 2. The van der Waals surface area contributed by atoms with Crippen molar-refractivity contribution < 1.29 is 13.9 Å². The summed E-state index contributed by atoms with van der Waals surface area (Å²) in [6.07, 6.45) is 0. The Morgan fingerprint density at radius 3 is 2.89 bits per heavy atom. The van der Waals surface area contributed by atoms with Gasteiger partial charge in [-0.1, -0.05) is 6.07 Å². The van der Waals surface area contributed by atoms with E-state index in [1.54, 1.807) is 13.0 Å². The molecular weight excluding hydrogens is 313 g/mol. The summed E-state index contributed by atoms with van der Waals surface area (Å²) in [7, 11) is 1.96. The van der Waals surface area contributed by atoms with Crippen LogP contribution in [0.25, 0.3) is 0 Å². The maximum atomic E-state index is 13.6. The molecule has 1 aliphatic rings. The molecule has 3 nitrogen and oxygen atoms in total. The molecular formula is C14H17BrFNO2. The highest BCUT2D eigenvalue weighted by Gasteiger charge is 2.38. The van der Waals surface area contributed by atoms with E-state index in [4.69, 9.17) is 4.74 Å². The van der Waals surface area contributed by atoms with E-state index >= 15 is 0 Å². The Hall–Kier alpha value is -0.940. The lowest BCUT2D eigenvalue weighted by atomic mass is 9.89. The Morgan fingerprint density at radius 2 is 2.26 bits per heavy atom. The van der Waals surface area contributed by atoms with Crippen molar-refractivity contribution in [2.24, 2.45) is 5.92 Å². The van der Waals surface area contributed by atoms with E-state index in [0.29, 0.717) is 17.6 Å². The fraction of sp³-hybridized carbons (Fsp3) is 0.500. The number of likely N-dealkylation sites (N-methyl/N-ethyl adjacent to an activating group) is 1. The van der Waals surface area contributed by atoms with Crippen molar-refractivity contribution in [3.63, 3.8) is 0 Å². The SMILES string of the molecule is CCOC(=O)C1CN(C)CC1c1ccc(Br)c(F)c1. The number of carbonyl (C=O) groups is 1. The second-order valence-electron chi connectivity index (χ2n) is 4.86. The molecule has 0 aromatic heterocycles. The van der Waals surface area contributed by atoms with Gasteiger partial charge in [0.15, 0.2) is 0 Å². The molecule has 5 heteroatoms. The minimum atomic E-state index is -0.297. The van der Waals surface area contributed by atoms with E-state index in [1.165, 1.54) is 6.07 Å². The minimum Gasteiger partial charge on any atom is -0.466 e. The highest BCUT2D eigenvalue weighted by atomic mass is 79.9. The van der Waals surface area contributed by atoms with Gasteiger partial charge in [-0.3, -0.25) is 4.79 Å². The molecule has 0 N–H and O–H groups in total. The lowest BCUT2D eigenvalue weighted by Crippen LogP contribution is -2.24. The zero-order valence-electron chi connectivity index (χ0n) is 11.0. The van der Waals surface area contributed by atoms with Crippen LogP contribution in [0.2, 0.25) is 0 Å². The normalized spacial score (nSPS) is 23.6. The van der Waals surface area contributed by atoms with Gasteiger partial charge >= 0.3 is 5.97 Å². The number of nitrogens with zero attached hydrogens (tertiary/aromatic N) is 1. The molecule has 1 aliphatic heterocycles. The van der Waals surface area contributed by atoms with Crippen LogP contribution in [0.15, 0.2) is 22.7 Å². The van der Waals surface area contributed by atoms with Crippen LogP contribution in [-0.2, 0) is 9.53 Å². The molecule has 1 heterocycles. The second kappa shape index (κ2) is 6.01. The summed E-state index contributed by atoms with van der Waals surface area (Å²) in [5.41, 5.74) is 0.850. The number of hydrogen-bond acceptors (Lipinski definition) is 3. The maximum absolute atomic E-state index is 13.6. The van der Waals surface area contributed by atoms with Crippen molar-refractivity contribution in [3.8, 4) is 0 Å². The van der Waals surface area contributed by atoms with E-state index in [9.17, 15) is 9.18 Å². The van der Waals surface area contributed by atoms with Crippen LogP contribution >= 0.6 is 15.9 Å². The van der Waals surface area contributed by atoms with Gasteiger partial charge in [0.05, 0.1) is 17.0 Å². The van der Waals surface area contributed by atoms with Crippen LogP contribution in [0.4, 0.5) is 4.39 Å². The van der Waals surface area contributed by atoms with Gasteiger partial charge in [0.2, 0.25) is 0 Å². The number of benzene rings is 1. The monoisotopic (exact) mass is 329 g/mol. The van der Waals surface area contributed by atoms with Gasteiger partial charge in [0.25, 0.3) is 0 Å². The van der Waals surface area contributed by atoms with Gasteiger partial charge < -0.3 is 9.64 Å². The number of carbonyl (C=O) groups excluding carboxylic acids is 1. The van der Waals surface area contributed by atoms with E-state index in [2.05, 4.69) is 20.8 Å². The fourth-order valence-electron chi connectivity index (χ4n) is 2.57. The lowest BCUT2D eigenvalue weighted by Gasteiger charge is -2.17. The summed E-state index contributed by atoms with van der Waals surface area (Å²) in [4.78, 5) is 14.1. The number of likely N-dealkylation sites (tertiary alicyclic amines) is 1. The number of ether oxygens (including phenoxy) is 1. The van der Waals surface area contributed by atoms with Crippen molar-refractivity contribution in [2.45, 2.75) is 12.8 Å². The zero-order valence-corrected chi connectivity index (χ0v) is 12.6. The Bertz CT molecular complexity index is 481. The zero-order chi connectivity index (χ0) is 14.0. The van der Waals surface area contributed by atoms with Crippen LogP contribution in [0.3, 0.4) is 0 Å². The Morgan fingerprint density at radius 1 is 1.53 bits per heavy atom. The number of rotatable bonds is 3. The van der Waals surface area contributed by atoms with Crippen LogP contribution < -0.4 is 0 Å². The van der Waals surface area contributed by atoms with E-state index < -0.39 is 0 Å². The third kappa shape index (κ3) is 3.15. The highest BCUT2D eigenvalue weighted by Crippen LogP contribution is 2.34. The average molecular weight is 330 g/mol. The summed E-state index contributed by atoms with van der Waals surface area (Å²) in [5.74, 6) is -0.716. The molecule has 2 unspecified atom stereocenters. The molecule has 0 saturated carbocycles. The van der Waals surface area contributed by atoms with Crippen molar-refractivity contribution in [1.29, 1.82) is 0 Å². The summed E-state index contributed by atoms with van der Waals surface area (Å²) >= 11 is 3.14. The molecule has 2 atom stereocenters. The Kier molecular flexibility index (Phi) is 4.58. The van der Waals surface area contributed by atoms with Gasteiger partial charge in [0.1, 0.15) is 5.82 Å². The third-order valence-electron chi connectivity index (χ3n) is 3.46. The predicted octanol–water partition coefficient (Wildman–Crippen LogP) is 2.80. The molecule has 104 valence electrons. The molecule has 0 amide bonds. The van der Waals surface area contributed by atoms with Crippen LogP contribution in [0, 0.1) is 11.7 Å². The Balaban J connectivity index is 2.25. The lowest BCUT2D eigenvalue weighted by molar-refractivity contribution is -0.147. The van der Waals surface area contributed by atoms with Gasteiger partial charge in [-0.05, 0) is 47.6 Å². The summed E-state index contributed by atoms with van der Waals surface area (Å²) in [5, 5.41) is 0. The molecule has 0 bridgehead atoms.